The number of carbonyl (C=O) groups is 1. The van der Waals surface area contributed by atoms with Crippen molar-refractivity contribution >= 4 is 17.4 Å². The highest BCUT2D eigenvalue weighted by molar-refractivity contribution is 6.31. The Morgan fingerprint density at radius 1 is 1.35 bits per heavy atom. The second-order valence-corrected chi connectivity index (χ2v) is 5.01. The quantitative estimate of drug-likeness (QED) is 0.648. The van der Waals surface area contributed by atoms with Crippen LogP contribution in [0.4, 0.5) is 0 Å². The van der Waals surface area contributed by atoms with Crippen molar-refractivity contribution < 1.29 is 4.79 Å². The maximum absolute atomic E-state index is 12.4. The molecule has 0 saturated heterocycles. The van der Waals surface area contributed by atoms with Crippen molar-refractivity contribution in [3.8, 4) is 0 Å². The molecule has 0 spiro atoms. The molecule has 1 unspecified atom stereocenters. The van der Waals surface area contributed by atoms with Crippen LogP contribution in [0.5, 0.6) is 0 Å². The fourth-order valence-electron chi connectivity index (χ4n) is 2.05. The van der Waals surface area contributed by atoms with Crippen molar-refractivity contribution in [2.75, 3.05) is 0 Å². The topological polar surface area (TPSA) is 17.1 Å². The van der Waals surface area contributed by atoms with E-state index < -0.39 is 0 Å². The van der Waals surface area contributed by atoms with Gasteiger partial charge in [-0.1, -0.05) is 44.4 Å². The van der Waals surface area contributed by atoms with Gasteiger partial charge in [-0.25, -0.2) is 0 Å². The highest BCUT2D eigenvalue weighted by atomic mass is 35.5. The maximum atomic E-state index is 12.4. The van der Waals surface area contributed by atoms with Gasteiger partial charge in [0.15, 0.2) is 5.78 Å². The van der Waals surface area contributed by atoms with Crippen LogP contribution in [0.1, 0.15) is 55.5 Å². The van der Waals surface area contributed by atoms with E-state index in [-0.39, 0.29) is 11.7 Å². The lowest BCUT2D eigenvalue weighted by Gasteiger charge is -2.15. The van der Waals surface area contributed by atoms with E-state index in [0.717, 1.165) is 36.8 Å². The van der Waals surface area contributed by atoms with E-state index in [1.165, 1.54) is 0 Å². The average molecular weight is 253 g/mol. The second-order valence-electron chi connectivity index (χ2n) is 4.57. The number of ketones is 1. The second kappa shape index (κ2) is 6.80. The van der Waals surface area contributed by atoms with Crippen molar-refractivity contribution in [1.29, 1.82) is 0 Å². The molecule has 0 radical (unpaired) electrons. The summed E-state index contributed by atoms with van der Waals surface area (Å²) in [5, 5.41) is 0.643. The van der Waals surface area contributed by atoms with Crippen molar-refractivity contribution in [3.63, 3.8) is 0 Å². The van der Waals surface area contributed by atoms with Crippen molar-refractivity contribution in [1.82, 2.24) is 0 Å². The van der Waals surface area contributed by atoms with Gasteiger partial charge >= 0.3 is 0 Å². The fraction of sp³-hybridized carbons (Fsp3) is 0.533. The molecule has 0 aliphatic carbocycles. The van der Waals surface area contributed by atoms with E-state index in [1.807, 2.05) is 19.1 Å². The third-order valence-corrected chi connectivity index (χ3v) is 3.47. The van der Waals surface area contributed by atoms with E-state index in [0.29, 0.717) is 5.02 Å². The Labute approximate surface area is 109 Å². The Morgan fingerprint density at radius 2 is 2.06 bits per heavy atom. The molecule has 0 aliphatic heterocycles. The van der Waals surface area contributed by atoms with Crippen LogP contribution in [0.25, 0.3) is 0 Å². The molecular weight excluding hydrogens is 232 g/mol. The Morgan fingerprint density at radius 3 is 2.65 bits per heavy atom. The van der Waals surface area contributed by atoms with Gasteiger partial charge in [0.05, 0.1) is 0 Å². The van der Waals surface area contributed by atoms with Gasteiger partial charge in [0.2, 0.25) is 0 Å². The third-order valence-electron chi connectivity index (χ3n) is 3.23. The van der Waals surface area contributed by atoms with E-state index in [1.54, 1.807) is 6.07 Å². The van der Waals surface area contributed by atoms with Crippen molar-refractivity contribution in [2.45, 2.75) is 46.5 Å². The molecule has 2 heteroatoms. The van der Waals surface area contributed by atoms with Gasteiger partial charge in [-0.05, 0) is 37.5 Å². The number of rotatable bonds is 6. The zero-order valence-electron chi connectivity index (χ0n) is 10.9. The first-order chi connectivity index (χ1) is 8.10. The number of Topliss-reactive ketones (excluding diaryl/α,β-unsaturated/α-hetero) is 1. The summed E-state index contributed by atoms with van der Waals surface area (Å²) in [5.74, 6) is 0.396. The molecule has 0 fully saturated rings. The third kappa shape index (κ3) is 3.85. The average Bonchev–Trinajstić information content (AvgIpc) is 2.33. The molecule has 0 aliphatic rings. The van der Waals surface area contributed by atoms with Gasteiger partial charge in [-0.2, -0.15) is 0 Å². The minimum Gasteiger partial charge on any atom is -0.294 e. The zero-order chi connectivity index (χ0) is 12.8. The summed E-state index contributed by atoms with van der Waals surface area (Å²) in [5.41, 5.74) is 1.81. The van der Waals surface area contributed by atoms with E-state index in [9.17, 15) is 4.79 Å². The van der Waals surface area contributed by atoms with Crippen LogP contribution in [0, 0.1) is 12.8 Å². The van der Waals surface area contributed by atoms with Gasteiger partial charge < -0.3 is 0 Å². The lowest BCUT2D eigenvalue weighted by atomic mass is 9.89. The summed E-state index contributed by atoms with van der Waals surface area (Å²) in [4.78, 5) is 12.4. The molecule has 0 amide bonds. The van der Waals surface area contributed by atoms with E-state index >= 15 is 0 Å². The SMILES string of the molecule is CCCCC(CC)C(=O)c1cc(Cl)ccc1C. The predicted octanol–water partition coefficient (Wildman–Crippen LogP) is 5.05. The Hall–Kier alpha value is -0.820. The summed E-state index contributed by atoms with van der Waals surface area (Å²) in [6.45, 7) is 6.20. The van der Waals surface area contributed by atoms with Crippen LogP contribution >= 0.6 is 11.6 Å². The summed E-state index contributed by atoms with van der Waals surface area (Å²) in [6.07, 6.45) is 4.14. The van der Waals surface area contributed by atoms with Crippen LogP contribution in [0.3, 0.4) is 0 Å². The number of hydrogen-bond donors (Lipinski definition) is 0. The molecule has 0 N–H and O–H groups in total. The molecule has 1 rings (SSSR count). The minimum atomic E-state index is 0.145. The van der Waals surface area contributed by atoms with Crippen LogP contribution in [0.2, 0.25) is 5.02 Å². The fourth-order valence-corrected chi connectivity index (χ4v) is 2.22. The maximum Gasteiger partial charge on any atom is 0.166 e. The Kier molecular flexibility index (Phi) is 5.70. The molecule has 1 aromatic rings. The summed E-state index contributed by atoms with van der Waals surface area (Å²) in [7, 11) is 0. The lowest BCUT2D eigenvalue weighted by molar-refractivity contribution is 0.0907. The van der Waals surface area contributed by atoms with Crippen molar-refractivity contribution in [3.05, 3.63) is 34.3 Å². The summed E-state index contributed by atoms with van der Waals surface area (Å²) in [6, 6.07) is 5.55. The molecule has 0 aromatic heterocycles. The van der Waals surface area contributed by atoms with Gasteiger partial charge in [-0.15, -0.1) is 0 Å². The number of carbonyl (C=O) groups excluding carboxylic acids is 1. The molecule has 0 saturated carbocycles. The minimum absolute atomic E-state index is 0.145. The molecular formula is C15H21ClO. The number of halogens is 1. The molecule has 17 heavy (non-hydrogen) atoms. The number of unbranched alkanes of at least 4 members (excludes halogenated alkanes) is 1. The van der Waals surface area contributed by atoms with Gasteiger partial charge in [0.1, 0.15) is 0 Å². The summed E-state index contributed by atoms with van der Waals surface area (Å²) < 4.78 is 0. The van der Waals surface area contributed by atoms with Crippen LogP contribution in [-0.2, 0) is 0 Å². The Balaban J connectivity index is 2.89. The smallest absolute Gasteiger partial charge is 0.166 e. The molecule has 1 nitrogen and oxygen atoms in total. The van der Waals surface area contributed by atoms with Gasteiger partial charge in [-0.3, -0.25) is 4.79 Å². The van der Waals surface area contributed by atoms with E-state index in [4.69, 9.17) is 11.6 Å². The molecule has 0 heterocycles. The van der Waals surface area contributed by atoms with Crippen molar-refractivity contribution in [2.24, 2.45) is 5.92 Å². The number of aryl methyl sites for hydroxylation is 1. The number of benzene rings is 1. The monoisotopic (exact) mass is 252 g/mol. The molecule has 0 bridgehead atoms. The Bertz CT molecular complexity index is 385. The first-order valence-electron chi connectivity index (χ1n) is 6.40. The first kappa shape index (κ1) is 14.2. The molecule has 1 aromatic carbocycles. The molecule has 94 valence electrons. The largest absolute Gasteiger partial charge is 0.294 e. The zero-order valence-corrected chi connectivity index (χ0v) is 11.7. The highest BCUT2D eigenvalue weighted by Gasteiger charge is 2.19. The standard InChI is InChI=1S/C15H21ClO/c1-4-6-7-12(5-2)15(17)14-10-13(16)9-8-11(14)3/h8-10,12H,4-7H2,1-3H3. The first-order valence-corrected chi connectivity index (χ1v) is 6.78. The van der Waals surface area contributed by atoms with Crippen LogP contribution < -0.4 is 0 Å². The highest BCUT2D eigenvalue weighted by Crippen LogP contribution is 2.23. The molecule has 1 atom stereocenters. The normalized spacial score (nSPS) is 12.5. The van der Waals surface area contributed by atoms with Crippen LogP contribution in [-0.4, -0.2) is 5.78 Å². The summed E-state index contributed by atoms with van der Waals surface area (Å²) >= 11 is 5.96. The van der Waals surface area contributed by atoms with Crippen LogP contribution in [0.15, 0.2) is 18.2 Å². The lowest BCUT2D eigenvalue weighted by Crippen LogP contribution is -2.15. The van der Waals surface area contributed by atoms with E-state index in [2.05, 4.69) is 13.8 Å². The number of hydrogen-bond acceptors (Lipinski definition) is 1. The van der Waals surface area contributed by atoms with Gasteiger partial charge in [0, 0.05) is 16.5 Å². The van der Waals surface area contributed by atoms with Gasteiger partial charge in [0.25, 0.3) is 0 Å². The predicted molar refractivity (Wildman–Crippen MR) is 73.8 cm³/mol.